The number of aromatic nitrogens is 5. The van der Waals surface area contributed by atoms with Gasteiger partial charge in [0.05, 0.1) is 0 Å². The zero-order chi connectivity index (χ0) is 10.1. The molecule has 0 saturated heterocycles. The zero-order valence-electron chi connectivity index (χ0n) is 7.52. The molecule has 0 saturated carbocycles. The van der Waals surface area contributed by atoms with E-state index in [1.807, 2.05) is 6.92 Å². The Labute approximate surface area is 79.6 Å². The van der Waals surface area contributed by atoms with Crippen LogP contribution in [0.1, 0.15) is 5.69 Å². The molecule has 72 valence electrons. The molecule has 0 aliphatic heterocycles. The number of H-pyrrole nitrogens is 1. The first-order chi connectivity index (χ1) is 6.65. The fraction of sp³-hybridized carbons (Fsp3) is 0.143. The van der Waals surface area contributed by atoms with Gasteiger partial charge in [-0.1, -0.05) is 0 Å². The van der Waals surface area contributed by atoms with Crippen molar-refractivity contribution >= 4 is 11.9 Å². The van der Waals surface area contributed by atoms with E-state index in [9.17, 15) is 0 Å². The predicted octanol–water partition coefficient (Wildman–Crippen LogP) is -0.265. The summed E-state index contributed by atoms with van der Waals surface area (Å²) in [4.78, 5) is 11.5. The normalized spacial score (nSPS) is 10.4. The minimum absolute atomic E-state index is 0.0909. The number of hydrogen-bond donors (Lipinski definition) is 3. The van der Waals surface area contributed by atoms with E-state index in [4.69, 9.17) is 11.5 Å². The first-order valence-corrected chi connectivity index (χ1v) is 3.94. The Hall–Kier alpha value is -2.18. The summed E-state index contributed by atoms with van der Waals surface area (Å²) in [5, 5.41) is 6.75. The molecular weight excluding hydrogens is 182 g/mol. The lowest BCUT2D eigenvalue weighted by molar-refractivity contribution is 1.02. The number of aryl methyl sites for hydroxylation is 1. The summed E-state index contributed by atoms with van der Waals surface area (Å²) >= 11 is 0. The lowest BCUT2D eigenvalue weighted by Gasteiger charge is -1.97. The van der Waals surface area contributed by atoms with Gasteiger partial charge in [-0.2, -0.15) is 20.1 Å². The molecule has 0 radical (unpaired) electrons. The summed E-state index contributed by atoms with van der Waals surface area (Å²) in [7, 11) is 0. The average Bonchev–Trinajstić information content (AvgIpc) is 2.50. The van der Waals surface area contributed by atoms with Gasteiger partial charge in [0, 0.05) is 5.69 Å². The lowest BCUT2D eigenvalue weighted by atomic mass is 10.3. The molecule has 0 amide bonds. The zero-order valence-corrected chi connectivity index (χ0v) is 7.52. The van der Waals surface area contributed by atoms with Gasteiger partial charge >= 0.3 is 0 Å². The summed E-state index contributed by atoms with van der Waals surface area (Å²) < 4.78 is 0. The molecule has 2 aromatic rings. The summed E-state index contributed by atoms with van der Waals surface area (Å²) in [6.45, 7) is 1.88. The van der Waals surface area contributed by atoms with E-state index < -0.39 is 0 Å². The first-order valence-electron chi connectivity index (χ1n) is 3.94. The molecule has 7 nitrogen and oxygen atoms in total. The molecule has 7 heteroatoms. The van der Waals surface area contributed by atoms with E-state index >= 15 is 0 Å². The Morgan fingerprint density at radius 1 is 1.14 bits per heavy atom. The monoisotopic (exact) mass is 191 g/mol. The molecule has 0 aliphatic rings. The van der Waals surface area contributed by atoms with Crippen LogP contribution in [0.5, 0.6) is 0 Å². The Kier molecular flexibility index (Phi) is 1.77. The van der Waals surface area contributed by atoms with Gasteiger partial charge in [-0.05, 0) is 13.0 Å². The van der Waals surface area contributed by atoms with Crippen LogP contribution in [0.4, 0.5) is 11.9 Å². The Bertz CT molecular complexity index is 441. The Morgan fingerprint density at radius 2 is 1.79 bits per heavy atom. The highest BCUT2D eigenvalue weighted by Crippen LogP contribution is 2.13. The van der Waals surface area contributed by atoms with E-state index in [0.29, 0.717) is 11.5 Å². The van der Waals surface area contributed by atoms with E-state index in [1.54, 1.807) is 6.07 Å². The van der Waals surface area contributed by atoms with Gasteiger partial charge in [-0.3, -0.25) is 5.10 Å². The van der Waals surface area contributed by atoms with Gasteiger partial charge in [0.2, 0.25) is 11.9 Å². The summed E-state index contributed by atoms with van der Waals surface area (Å²) in [5.41, 5.74) is 12.4. The van der Waals surface area contributed by atoms with E-state index in [1.165, 1.54) is 0 Å². The molecule has 5 N–H and O–H groups in total. The number of anilines is 2. The van der Waals surface area contributed by atoms with Crippen molar-refractivity contribution in [2.75, 3.05) is 11.5 Å². The minimum atomic E-state index is 0.0909. The highest BCUT2D eigenvalue weighted by atomic mass is 15.2. The molecule has 14 heavy (non-hydrogen) atoms. The number of nitrogens with zero attached hydrogens (tertiary/aromatic N) is 4. The topological polar surface area (TPSA) is 119 Å². The van der Waals surface area contributed by atoms with Crippen LogP contribution in [-0.2, 0) is 0 Å². The van der Waals surface area contributed by atoms with Crippen molar-refractivity contribution in [2.45, 2.75) is 6.92 Å². The fourth-order valence-electron chi connectivity index (χ4n) is 1.06. The molecule has 0 spiro atoms. The maximum Gasteiger partial charge on any atom is 0.225 e. The number of nitrogens with one attached hydrogen (secondary N) is 1. The van der Waals surface area contributed by atoms with Crippen molar-refractivity contribution in [3.8, 4) is 11.5 Å². The molecule has 2 rings (SSSR count). The average molecular weight is 191 g/mol. The smallest absolute Gasteiger partial charge is 0.225 e. The van der Waals surface area contributed by atoms with Gasteiger partial charge in [0.1, 0.15) is 5.69 Å². The largest absolute Gasteiger partial charge is 0.368 e. The van der Waals surface area contributed by atoms with Gasteiger partial charge in [0.15, 0.2) is 5.82 Å². The standard InChI is InChI=1S/C7H9N7/c1-3-2-4(14-13-3)5-10-6(8)12-7(9)11-5/h2H,1H3,(H,13,14)(H4,8,9,10,11,12). The lowest BCUT2D eigenvalue weighted by Crippen LogP contribution is -2.04. The van der Waals surface area contributed by atoms with Crippen LogP contribution in [0.25, 0.3) is 11.5 Å². The molecular formula is C7H9N7. The van der Waals surface area contributed by atoms with E-state index in [2.05, 4.69) is 25.1 Å². The quantitative estimate of drug-likeness (QED) is 0.571. The predicted molar refractivity (Wildman–Crippen MR) is 51.0 cm³/mol. The number of hydrogen-bond acceptors (Lipinski definition) is 6. The van der Waals surface area contributed by atoms with Gasteiger partial charge in [-0.15, -0.1) is 0 Å². The highest BCUT2D eigenvalue weighted by Gasteiger charge is 2.07. The second-order valence-corrected chi connectivity index (χ2v) is 2.81. The molecule has 0 aliphatic carbocycles. The SMILES string of the molecule is Cc1cc(-c2nc(N)nc(N)n2)n[nH]1. The van der Waals surface area contributed by atoms with Crippen molar-refractivity contribution in [3.05, 3.63) is 11.8 Å². The van der Waals surface area contributed by atoms with Gasteiger partial charge in [-0.25, -0.2) is 0 Å². The van der Waals surface area contributed by atoms with Crippen LogP contribution in [0.2, 0.25) is 0 Å². The Morgan fingerprint density at radius 3 is 2.29 bits per heavy atom. The Balaban J connectivity index is 2.51. The van der Waals surface area contributed by atoms with E-state index in [0.717, 1.165) is 5.69 Å². The molecule has 0 bridgehead atoms. The molecule has 2 aromatic heterocycles. The van der Waals surface area contributed by atoms with Crippen molar-refractivity contribution in [1.82, 2.24) is 25.1 Å². The van der Waals surface area contributed by atoms with Crippen molar-refractivity contribution in [1.29, 1.82) is 0 Å². The van der Waals surface area contributed by atoms with Gasteiger partial charge in [0.25, 0.3) is 0 Å². The second kappa shape index (κ2) is 2.95. The van der Waals surface area contributed by atoms with Crippen LogP contribution in [0, 0.1) is 6.92 Å². The van der Waals surface area contributed by atoms with E-state index in [-0.39, 0.29) is 11.9 Å². The number of nitrogen functional groups attached to an aromatic ring is 2. The van der Waals surface area contributed by atoms with Crippen LogP contribution in [0.3, 0.4) is 0 Å². The summed E-state index contributed by atoms with van der Waals surface area (Å²) in [5.74, 6) is 0.556. The summed E-state index contributed by atoms with van der Waals surface area (Å²) in [6.07, 6.45) is 0. The van der Waals surface area contributed by atoms with Crippen LogP contribution in [-0.4, -0.2) is 25.1 Å². The van der Waals surface area contributed by atoms with Crippen LogP contribution < -0.4 is 11.5 Å². The number of rotatable bonds is 1. The third-order valence-electron chi connectivity index (χ3n) is 1.61. The van der Waals surface area contributed by atoms with Crippen molar-refractivity contribution < 1.29 is 0 Å². The molecule has 0 atom stereocenters. The third-order valence-corrected chi connectivity index (χ3v) is 1.61. The number of aromatic amines is 1. The van der Waals surface area contributed by atoms with Crippen molar-refractivity contribution in [3.63, 3.8) is 0 Å². The van der Waals surface area contributed by atoms with Gasteiger partial charge < -0.3 is 11.5 Å². The molecule has 0 aromatic carbocycles. The maximum atomic E-state index is 5.42. The second-order valence-electron chi connectivity index (χ2n) is 2.81. The molecule has 0 fully saturated rings. The maximum absolute atomic E-state index is 5.42. The molecule has 2 heterocycles. The number of nitrogens with two attached hydrogens (primary N) is 2. The van der Waals surface area contributed by atoms with Crippen LogP contribution >= 0.6 is 0 Å². The minimum Gasteiger partial charge on any atom is -0.368 e. The third kappa shape index (κ3) is 1.47. The fourth-order valence-corrected chi connectivity index (χ4v) is 1.06. The first kappa shape index (κ1) is 8.42. The van der Waals surface area contributed by atoms with Crippen LogP contribution in [0.15, 0.2) is 6.07 Å². The van der Waals surface area contributed by atoms with Crippen molar-refractivity contribution in [2.24, 2.45) is 0 Å². The molecule has 0 unspecified atom stereocenters. The summed E-state index contributed by atoms with van der Waals surface area (Å²) in [6, 6.07) is 1.80. The highest BCUT2D eigenvalue weighted by molar-refractivity contribution is 5.52.